The van der Waals surface area contributed by atoms with Crippen LogP contribution in [0.3, 0.4) is 0 Å². The Morgan fingerprint density at radius 2 is 2.30 bits per heavy atom. The van der Waals surface area contributed by atoms with Gasteiger partial charge in [0.1, 0.15) is 5.76 Å². The lowest BCUT2D eigenvalue weighted by Gasteiger charge is -2.26. The lowest BCUT2D eigenvalue weighted by atomic mass is 9.87. The third-order valence-electron chi connectivity index (χ3n) is 4.54. The molecule has 0 saturated carbocycles. The lowest BCUT2D eigenvalue weighted by Crippen LogP contribution is -2.44. The molecule has 2 fully saturated rings. The van der Waals surface area contributed by atoms with E-state index in [1.165, 1.54) is 12.8 Å². The summed E-state index contributed by atoms with van der Waals surface area (Å²) in [6.45, 7) is 9.03. The Kier molecular flexibility index (Phi) is 6.76. The van der Waals surface area contributed by atoms with Crippen LogP contribution in [0.5, 0.6) is 0 Å². The van der Waals surface area contributed by atoms with Crippen LogP contribution < -0.4 is 5.32 Å². The number of rotatable bonds is 4. The highest BCUT2D eigenvalue weighted by Crippen LogP contribution is 2.38. The molecule has 6 heteroatoms. The van der Waals surface area contributed by atoms with Crippen molar-refractivity contribution in [1.29, 1.82) is 0 Å². The first-order chi connectivity index (χ1) is 10.7. The first-order valence-corrected chi connectivity index (χ1v) is 8.33. The van der Waals surface area contributed by atoms with Crippen molar-refractivity contribution in [2.75, 3.05) is 32.8 Å². The number of ether oxygens (including phenoxy) is 1. The number of aliphatic imine (C=N–C) groups is 1. The van der Waals surface area contributed by atoms with Gasteiger partial charge in [-0.2, -0.15) is 0 Å². The minimum absolute atomic E-state index is 0. The molecule has 3 rings (SSSR count). The first kappa shape index (κ1) is 18.6. The Bertz CT molecular complexity index is 496. The summed E-state index contributed by atoms with van der Waals surface area (Å²) < 4.78 is 11.0. The van der Waals surface area contributed by atoms with Gasteiger partial charge >= 0.3 is 0 Å². The molecule has 1 unspecified atom stereocenters. The quantitative estimate of drug-likeness (QED) is 0.451. The largest absolute Gasteiger partial charge is 0.469 e. The zero-order valence-electron chi connectivity index (χ0n) is 14.1. The van der Waals surface area contributed by atoms with E-state index in [0.29, 0.717) is 11.5 Å². The highest BCUT2D eigenvalue weighted by molar-refractivity contribution is 14.0. The van der Waals surface area contributed by atoms with Crippen LogP contribution in [0.15, 0.2) is 27.8 Å². The lowest BCUT2D eigenvalue weighted by molar-refractivity contribution is 0.156. The van der Waals surface area contributed by atoms with Crippen molar-refractivity contribution in [2.45, 2.75) is 39.2 Å². The molecule has 0 aromatic carbocycles. The zero-order chi connectivity index (χ0) is 15.4. The second-order valence-electron chi connectivity index (χ2n) is 6.81. The minimum atomic E-state index is 0. The molecule has 1 aromatic heterocycles. The smallest absolute Gasteiger partial charge is 0.194 e. The van der Waals surface area contributed by atoms with Crippen LogP contribution in [0.2, 0.25) is 0 Å². The van der Waals surface area contributed by atoms with E-state index in [4.69, 9.17) is 14.1 Å². The molecule has 3 heterocycles. The fraction of sp³-hybridized carbons (Fsp3) is 0.706. The van der Waals surface area contributed by atoms with Gasteiger partial charge in [0.25, 0.3) is 0 Å². The summed E-state index contributed by atoms with van der Waals surface area (Å²) in [5.74, 6) is 2.03. The molecule has 2 aliphatic heterocycles. The van der Waals surface area contributed by atoms with Crippen LogP contribution in [-0.4, -0.2) is 49.7 Å². The SMILES string of the molecule is CC(C)NC(=NCCc1ccco1)N1CCC2(CCOC2)C1.I. The van der Waals surface area contributed by atoms with Gasteiger partial charge in [-0.3, -0.25) is 4.99 Å². The van der Waals surface area contributed by atoms with Gasteiger partial charge in [0, 0.05) is 44.1 Å². The molecule has 1 atom stereocenters. The third-order valence-corrected chi connectivity index (χ3v) is 4.54. The molecule has 5 nitrogen and oxygen atoms in total. The molecule has 0 amide bonds. The van der Waals surface area contributed by atoms with Crippen LogP contribution in [0.1, 0.15) is 32.4 Å². The molecule has 0 aliphatic carbocycles. The van der Waals surface area contributed by atoms with Crippen molar-refractivity contribution in [3.63, 3.8) is 0 Å². The van der Waals surface area contributed by atoms with E-state index in [1.54, 1.807) is 6.26 Å². The predicted molar refractivity (Wildman–Crippen MR) is 102 cm³/mol. The topological polar surface area (TPSA) is 50.0 Å². The molecule has 1 aromatic rings. The van der Waals surface area contributed by atoms with Gasteiger partial charge in [-0.15, -0.1) is 24.0 Å². The number of furan rings is 1. The average molecular weight is 433 g/mol. The molecule has 2 saturated heterocycles. The van der Waals surface area contributed by atoms with Gasteiger partial charge in [-0.1, -0.05) is 0 Å². The Balaban J connectivity index is 0.00000192. The van der Waals surface area contributed by atoms with E-state index >= 15 is 0 Å². The van der Waals surface area contributed by atoms with E-state index in [0.717, 1.165) is 51.0 Å². The van der Waals surface area contributed by atoms with E-state index in [9.17, 15) is 0 Å². The number of guanidine groups is 1. The monoisotopic (exact) mass is 433 g/mol. The van der Waals surface area contributed by atoms with Gasteiger partial charge in [0.05, 0.1) is 12.9 Å². The van der Waals surface area contributed by atoms with E-state index < -0.39 is 0 Å². The van der Waals surface area contributed by atoms with Gasteiger partial charge in [0.15, 0.2) is 5.96 Å². The highest BCUT2D eigenvalue weighted by Gasteiger charge is 2.42. The highest BCUT2D eigenvalue weighted by atomic mass is 127. The molecule has 0 bridgehead atoms. The van der Waals surface area contributed by atoms with Crippen LogP contribution in [-0.2, 0) is 11.2 Å². The average Bonchev–Trinajstić information content (AvgIpc) is 3.22. The molecule has 1 spiro atoms. The van der Waals surface area contributed by atoms with Crippen LogP contribution in [0, 0.1) is 5.41 Å². The van der Waals surface area contributed by atoms with E-state index in [2.05, 4.69) is 24.1 Å². The van der Waals surface area contributed by atoms with Crippen LogP contribution in [0.4, 0.5) is 0 Å². The maximum atomic E-state index is 5.62. The molecule has 130 valence electrons. The van der Waals surface area contributed by atoms with Crippen LogP contribution in [0.25, 0.3) is 0 Å². The summed E-state index contributed by atoms with van der Waals surface area (Å²) in [6, 6.07) is 4.32. The van der Waals surface area contributed by atoms with E-state index in [-0.39, 0.29) is 24.0 Å². The minimum Gasteiger partial charge on any atom is -0.469 e. The summed E-state index contributed by atoms with van der Waals surface area (Å²) in [5.41, 5.74) is 0.362. The number of halogens is 1. The summed E-state index contributed by atoms with van der Waals surface area (Å²) in [7, 11) is 0. The standard InChI is InChI=1S/C17H27N3O2.HI/c1-14(2)19-16(18-8-5-15-4-3-10-22-15)20-9-6-17(12-20)7-11-21-13-17;/h3-4,10,14H,5-9,11-13H2,1-2H3,(H,18,19);1H. The number of nitrogens with one attached hydrogen (secondary N) is 1. The maximum absolute atomic E-state index is 5.62. The predicted octanol–water partition coefficient (Wildman–Crippen LogP) is 2.91. The fourth-order valence-corrected chi connectivity index (χ4v) is 3.31. The summed E-state index contributed by atoms with van der Waals surface area (Å²) in [4.78, 5) is 7.21. The van der Waals surface area contributed by atoms with Crippen molar-refractivity contribution in [3.05, 3.63) is 24.2 Å². The van der Waals surface area contributed by atoms with Gasteiger partial charge < -0.3 is 19.4 Å². The number of hydrogen-bond acceptors (Lipinski definition) is 3. The summed E-state index contributed by atoms with van der Waals surface area (Å²) in [6.07, 6.45) is 4.96. The van der Waals surface area contributed by atoms with E-state index in [1.807, 2.05) is 12.1 Å². The number of hydrogen-bond donors (Lipinski definition) is 1. The Morgan fingerprint density at radius 1 is 1.43 bits per heavy atom. The fourth-order valence-electron chi connectivity index (χ4n) is 3.31. The zero-order valence-corrected chi connectivity index (χ0v) is 16.4. The van der Waals surface area contributed by atoms with Crippen molar-refractivity contribution >= 4 is 29.9 Å². The molecule has 2 aliphatic rings. The molecule has 0 radical (unpaired) electrons. The van der Waals surface area contributed by atoms with Crippen LogP contribution >= 0.6 is 24.0 Å². The maximum Gasteiger partial charge on any atom is 0.194 e. The molecular formula is C17H28IN3O2. The third kappa shape index (κ3) is 4.86. The summed E-state index contributed by atoms with van der Waals surface area (Å²) in [5, 5.41) is 3.51. The number of nitrogens with zero attached hydrogens (tertiary/aromatic N) is 2. The second-order valence-corrected chi connectivity index (χ2v) is 6.81. The van der Waals surface area contributed by atoms with Crippen molar-refractivity contribution in [3.8, 4) is 0 Å². The Morgan fingerprint density at radius 3 is 2.96 bits per heavy atom. The number of likely N-dealkylation sites (tertiary alicyclic amines) is 1. The van der Waals surface area contributed by atoms with Crippen molar-refractivity contribution in [2.24, 2.45) is 10.4 Å². The molecule has 1 N–H and O–H groups in total. The Labute approximate surface area is 155 Å². The normalized spacial score (nSPS) is 24.5. The van der Waals surface area contributed by atoms with Gasteiger partial charge in [-0.05, 0) is 38.8 Å². The summed E-state index contributed by atoms with van der Waals surface area (Å²) >= 11 is 0. The van der Waals surface area contributed by atoms with Crippen molar-refractivity contribution < 1.29 is 9.15 Å². The second kappa shape index (κ2) is 8.37. The van der Waals surface area contributed by atoms with Gasteiger partial charge in [-0.25, -0.2) is 0 Å². The molecular weight excluding hydrogens is 405 g/mol. The van der Waals surface area contributed by atoms with Gasteiger partial charge in [0.2, 0.25) is 0 Å². The van der Waals surface area contributed by atoms with Crippen molar-refractivity contribution in [1.82, 2.24) is 10.2 Å². The Hall–Kier alpha value is -0.760. The first-order valence-electron chi connectivity index (χ1n) is 8.33. The molecule has 23 heavy (non-hydrogen) atoms.